The predicted octanol–water partition coefficient (Wildman–Crippen LogP) is 0.906. The van der Waals surface area contributed by atoms with Crippen LogP contribution in [0.15, 0.2) is 24.3 Å². The average Bonchev–Trinajstić information content (AvgIpc) is 3.25. The fourth-order valence-electron chi connectivity index (χ4n) is 2.36. The summed E-state index contributed by atoms with van der Waals surface area (Å²) in [5, 5.41) is 11.8. The van der Waals surface area contributed by atoms with E-state index in [1.54, 1.807) is 12.1 Å². The van der Waals surface area contributed by atoms with Crippen LogP contribution < -0.4 is 11.1 Å². The summed E-state index contributed by atoms with van der Waals surface area (Å²) in [5.41, 5.74) is 6.56. The van der Waals surface area contributed by atoms with Crippen LogP contribution in [0.2, 0.25) is 0 Å². The van der Waals surface area contributed by atoms with E-state index in [-0.39, 0.29) is 18.9 Å². The number of benzene rings is 1. The van der Waals surface area contributed by atoms with Crippen molar-refractivity contribution in [1.82, 2.24) is 5.32 Å². The highest BCUT2D eigenvalue weighted by molar-refractivity contribution is 5.94. The number of carbonyl (C=O) groups is 2. The molecule has 1 atom stereocenters. The Bertz CT molecular complexity index is 523. The van der Waals surface area contributed by atoms with Crippen molar-refractivity contribution in [2.45, 2.75) is 30.7 Å². The lowest BCUT2D eigenvalue weighted by molar-refractivity contribution is -0.142. The summed E-state index contributed by atoms with van der Waals surface area (Å²) < 4.78 is 4.87. The number of aliphatic carboxylic acids is 1. The number of anilines is 1. The van der Waals surface area contributed by atoms with E-state index in [1.807, 2.05) is 12.1 Å². The van der Waals surface area contributed by atoms with E-state index < -0.39 is 17.4 Å². The van der Waals surface area contributed by atoms with Gasteiger partial charge in [0.1, 0.15) is 6.04 Å². The molecule has 21 heavy (non-hydrogen) atoms. The molecule has 1 unspecified atom stereocenters. The number of carboxylic acid groups (broad SMARTS) is 1. The first-order valence-corrected chi connectivity index (χ1v) is 6.88. The number of nitrogen functional groups attached to an aromatic ring is 1. The van der Waals surface area contributed by atoms with E-state index in [0.717, 1.165) is 18.4 Å². The van der Waals surface area contributed by atoms with Crippen molar-refractivity contribution in [3.8, 4) is 0 Å². The Hall–Kier alpha value is -2.08. The lowest BCUT2D eigenvalue weighted by Crippen LogP contribution is -2.46. The summed E-state index contributed by atoms with van der Waals surface area (Å²) in [4.78, 5) is 23.6. The molecule has 2 rings (SSSR count). The zero-order chi connectivity index (χ0) is 15.5. The molecule has 0 radical (unpaired) electrons. The van der Waals surface area contributed by atoms with E-state index in [9.17, 15) is 9.59 Å². The molecule has 1 aliphatic carbocycles. The first-order chi connectivity index (χ1) is 9.99. The molecule has 4 N–H and O–H groups in total. The minimum absolute atomic E-state index is 0.240. The van der Waals surface area contributed by atoms with Crippen LogP contribution in [0.4, 0.5) is 5.69 Å². The van der Waals surface area contributed by atoms with Gasteiger partial charge in [-0.2, -0.15) is 0 Å². The Labute approximate surface area is 123 Å². The van der Waals surface area contributed by atoms with Gasteiger partial charge in [-0.05, 0) is 30.5 Å². The Morgan fingerprint density at radius 2 is 2.00 bits per heavy atom. The number of amides is 1. The number of hydrogen-bond donors (Lipinski definition) is 3. The molecular formula is C15H20N2O4. The van der Waals surface area contributed by atoms with Crippen LogP contribution in [-0.4, -0.2) is 36.7 Å². The van der Waals surface area contributed by atoms with Crippen LogP contribution in [0.5, 0.6) is 0 Å². The summed E-state index contributed by atoms with van der Waals surface area (Å²) in [5.74, 6) is -1.29. The fraction of sp³-hybridized carbons (Fsp3) is 0.467. The van der Waals surface area contributed by atoms with E-state index in [1.165, 1.54) is 7.11 Å². The second-order valence-electron chi connectivity index (χ2n) is 5.35. The number of hydrogen-bond acceptors (Lipinski definition) is 4. The van der Waals surface area contributed by atoms with Gasteiger partial charge in [0, 0.05) is 25.8 Å². The third-order valence-corrected chi connectivity index (χ3v) is 3.86. The third-order valence-electron chi connectivity index (χ3n) is 3.86. The topological polar surface area (TPSA) is 102 Å². The maximum atomic E-state index is 12.4. The minimum Gasteiger partial charge on any atom is -0.480 e. The van der Waals surface area contributed by atoms with E-state index in [0.29, 0.717) is 5.69 Å². The Morgan fingerprint density at radius 3 is 2.48 bits per heavy atom. The van der Waals surface area contributed by atoms with Gasteiger partial charge in [0.25, 0.3) is 0 Å². The Balaban J connectivity index is 2.08. The normalized spacial score (nSPS) is 17.0. The number of carbonyl (C=O) groups excluding carboxylic acids is 1. The van der Waals surface area contributed by atoms with Crippen LogP contribution in [0, 0.1) is 0 Å². The zero-order valence-corrected chi connectivity index (χ0v) is 12.0. The van der Waals surface area contributed by atoms with Crippen molar-refractivity contribution in [2.24, 2.45) is 0 Å². The highest BCUT2D eigenvalue weighted by Gasteiger charge is 2.51. The number of rotatable bonds is 7. The van der Waals surface area contributed by atoms with Gasteiger partial charge < -0.3 is 20.9 Å². The minimum atomic E-state index is -1.05. The molecule has 1 fully saturated rings. The number of nitrogens with one attached hydrogen (secondary N) is 1. The highest BCUT2D eigenvalue weighted by Crippen LogP contribution is 2.48. The van der Waals surface area contributed by atoms with Crippen molar-refractivity contribution in [2.75, 3.05) is 19.5 Å². The number of methoxy groups -OCH3 is 1. The quantitative estimate of drug-likeness (QED) is 0.648. The van der Waals surface area contributed by atoms with Crippen molar-refractivity contribution in [3.63, 3.8) is 0 Å². The lowest BCUT2D eigenvalue weighted by atomic mass is 9.94. The number of ether oxygens (including phenoxy) is 1. The van der Waals surface area contributed by atoms with Crippen LogP contribution >= 0.6 is 0 Å². The first kappa shape index (κ1) is 15.3. The van der Waals surface area contributed by atoms with Gasteiger partial charge >= 0.3 is 5.97 Å². The molecule has 0 saturated heterocycles. The van der Waals surface area contributed by atoms with Gasteiger partial charge in [0.15, 0.2) is 0 Å². The van der Waals surface area contributed by atoms with Gasteiger partial charge in [-0.1, -0.05) is 12.1 Å². The average molecular weight is 292 g/mol. The molecule has 1 aromatic carbocycles. The van der Waals surface area contributed by atoms with Crippen LogP contribution in [0.1, 0.15) is 24.8 Å². The summed E-state index contributed by atoms with van der Waals surface area (Å²) >= 11 is 0. The molecule has 0 heterocycles. The molecule has 1 amide bonds. The SMILES string of the molecule is COCCC(NC(=O)C1(c2ccc(N)cc2)CC1)C(=O)O. The van der Waals surface area contributed by atoms with Gasteiger partial charge in [0.05, 0.1) is 5.41 Å². The molecule has 1 aromatic rings. The van der Waals surface area contributed by atoms with Gasteiger partial charge in [0.2, 0.25) is 5.91 Å². The molecule has 0 bridgehead atoms. The summed E-state index contributed by atoms with van der Waals surface area (Å²) in [6, 6.07) is 6.23. The van der Waals surface area contributed by atoms with Gasteiger partial charge in [-0.3, -0.25) is 4.79 Å². The molecule has 1 aliphatic rings. The molecule has 6 heteroatoms. The standard InChI is InChI=1S/C15H20N2O4/c1-21-9-6-12(13(18)19)17-14(20)15(7-8-15)10-2-4-11(16)5-3-10/h2-5,12H,6-9,16H2,1H3,(H,17,20)(H,18,19). The van der Waals surface area contributed by atoms with Crippen LogP contribution in [0.25, 0.3) is 0 Å². The smallest absolute Gasteiger partial charge is 0.326 e. The van der Waals surface area contributed by atoms with Crippen molar-refractivity contribution >= 4 is 17.6 Å². The number of carboxylic acids is 1. The fourth-order valence-corrected chi connectivity index (χ4v) is 2.36. The van der Waals surface area contributed by atoms with Gasteiger partial charge in [-0.25, -0.2) is 4.79 Å². The Morgan fingerprint density at radius 1 is 1.38 bits per heavy atom. The lowest BCUT2D eigenvalue weighted by Gasteiger charge is -2.20. The zero-order valence-electron chi connectivity index (χ0n) is 12.0. The van der Waals surface area contributed by atoms with Crippen molar-refractivity contribution in [3.05, 3.63) is 29.8 Å². The monoisotopic (exact) mass is 292 g/mol. The van der Waals surface area contributed by atoms with E-state index in [2.05, 4.69) is 5.32 Å². The molecule has 0 spiro atoms. The van der Waals surface area contributed by atoms with E-state index in [4.69, 9.17) is 15.6 Å². The second kappa shape index (κ2) is 6.13. The maximum absolute atomic E-state index is 12.4. The highest BCUT2D eigenvalue weighted by atomic mass is 16.5. The van der Waals surface area contributed by atoms with Crippen LogP contribution in [-0.2, 0) is 19.7 Å². The molecule has 0 aromatic heterocycles. The number of nitrogens with two attached hydrogens (primary N) is 1. The molecular weight excluding hydrogens is 272 g/mol. The molecule has 1 saturated carbocycles. The van der Waals surface area contributed by atoms with Crippen molar-refractivity contribution < 1.29 is 19.4 Å². The molecule has 114 valence electrons. The maximum Gasteiger partial charge on any atom is 0.326 e. The Kier molecular flexibility index (Phi) is 4.47. The largest absolute Gasteiger partial charge is 0.480 e. The second-order valence-corrected chi connectivity index (χ2v) is 5.35. The molecule has 0 aliphatic heterocycles. The third kappa shape index (κ3) is 3.33. The first-order valence-electron chi connectivity index (χ1n) is 6.88. The predicted molar refractivity (Wildman–Crippen MR) is 77.8 cm³/mol. The summed E-state index contributed by atoms with van der Waals surface area (Å²) in [7, 11) is 1.50. The van der Waals surface area contributed by atoms with Crippen molar-refractivity contribution in [1.29, 1.82) is 0 Å². The van der Waals surface area contributed by atoms with E-state index >= 15 is 0 Å². The van der Waals surface area contributed by atoms with Crippen LogP contribution in [0.3, 0.4) is 0 Å². The molecule has 6 nitrogen and oxygen atoms in total. The summed E-state index contributed by atoms with van der Waals surface area (Å²) in [6.45, 7) is 0.284. The summed E-state index contributed by atoms with van der Waals surface area (Å²) in [6.07, 6.45) is 1.69. The van der Waals surface area contributed by atoms with Gasteiger partial charge in [-0.15, -0.1) is 0 Å².